The van der Waals surface area contributed by atoms with Crippen molar-refractivity contribution in [2.24, 2.45) is 17.8 Å². The zero-order chi connectivity index (χ0) is 25.8. The molecule has 2 aromatic rings. The van der Waals surface area contributed by atoms with Crippen LogP contribution in [0.3, 0.4) is 0 Å². The van der Waals surface area contributed by atoms with Gasteiger partial charge >= 0.3 is 6.18 Å². The largest absolute Gasteiger partial charge is 0.433 e. The highest BCUT2D eigenvalue weighted by atomic mass is 32.2. The van der Waals surface area contributed by atoms with Crippen molar-refractivity contribution in [3.05, 3.63) is 41.8 Å². The van der Waals surface area contributed by atoms with E-state index < -0.39 is 17.7 Å². The third kappa shape index (κ3) is 5.11. The predicted molar refractivity (Wildman–Crippen MR) is 132 cm³/mol. The van der Waals surface area contributed by atoms with Crippen LogP contribution >= 0.6 is 11.8 Å². The average Bonchev–Trinajstić information content (AvgIpc) is 2.86. The number of piperazine rings is 1. The summed E-state index contributed by atoms with van der Waals surface area (Å²) in [4.78, 5) is 25.3. The molecule has 0 atom stereocenters. The van der Waals surface area contributed by atoms with Gasteiger partial charge in [-0.25, -0.2) is 14.4 Å². The third-order valence-corrected chi connectivity index (χ3v) is 9.60. The Bertz CT molecular complexity index is 1130. The molecule has 0 radical (unpaired) electrons. The third-order valence-electron chi connectivity index (χ3n) is 8.77. The first-order valence-corrected chi connectivity index (χ1v) is 14.0. The average molecular weight is 535 g/mol. The number of rotatable bonds is 5. The summed E-state index contributed by atoms with van der Waals surface area (Å²) in [7, 11) is 0. The Kier molecular flexibility index (Phi) is 6.46. The second-order valence-electron chi connectivity index (χ2n) is 11.2. The molecular weight excluding hydrogens is 504 g/mol. The molecule has 1 aliphatic heterocycles. The van der Waals surface area contributed by atoms with E-state index in [2.05, 4.69) is 14.9 Å². The number of thioether (sulfide) groups is 1. The van der Waals surface area contributed by atoms with Crippen LogP contribution in [-0.4, -0.2) is 63.1 Å². The van der Waals surface area contributed by atoms with Crippen LogP contribution in [0, 0.1) is 23.6 Å². The normalized spacial score (nSPS) is 29.6. The van der Waals surface area contributed by atoms with Gasteiger partial charge in [-0.1, -0.05) is 11.8 Å². The highest BCUT2D eigenvalue weighted by Crippen LogP contribution is 2.57. The predicted octanol–water partition coefficient (Wildman–Crippen LogP) is 5.51. The van der Waals surface area contributed by atoms with Gasteiger partial charge < -0.3 is 4.90 Å². The van der Waals surface area contributed by atoms with Crippen molar-refractivity contribution in [1.29, 1.82) is 0 Å². The molecule has 1 amide bonds. The lowest BCUT2D eigenvalue weighted by atomic mass is 9.52. The van der Waals surface area contributed by atoms with Gasteiger partial charge in [0.05, 0.1) is 11.4 Å². The van der Waals surface area contributed by atoms with Crippen LogP contribution in [0.15, 0.2) is 35.5 Å². The quantitative estimate of drug-likeness (QED) is 0.288. The number of aromatic nitrogens is 2. The first-order chi connectivity index (χ1) is 17.7. The molecule has 1 aromatic carbocycles. The number of halogens is 4. The number of alkyl halides is 3. The van der Waals surface area contributed by atoms with Gasteiger partial charge in [0.2, 0.25) is 5.91 Å². The van der Waals surface area contributed by atoms with E-state index in [0.717, 1.165) is 48.7 Å². The Labute approximate surface area is 218 Å². The molecule has 1 aromatic heterocycles. The van der Waals surface area contributed by atoms with Gasteiger partial charge in [-0.05, 0) is 86.6 Å². The van der Waals surface area contributed by atoms with E-state index in [1.807, 2.05) is 4.90 Å². The maximum absolute atomic E-state index is 13.5. The van der Waals surface area contributed by atoms with Crippen molar-refractivity contribution in [3.63, 3.8) is 0 Å². The number of hydrogen-bond donors (Lipinski definition) is 0. The smallest absolute Gasteiger partial charge is 0.339 e. The minimum atomic E-state index is -4.66. The van der Waals surface area contributed by atoms with Crippen LogP contribution in [0.1, 0.15) is 44.2 Å². The molecule has 5 nitrogen and oxygen atoms in total. The fourth-order valence-corrected chi connectivity index (χ4v) is 8.26. The molecule has 1 saturated heterocycles. The van der Waals surface area contributed by atoms with Crippen molar-refractivity contribution < 1.29 is 22.4 Å². The second kappa shape index (κ2) is 9.52. The minimum absolute atomic E-state index is 0.0263. The number of hydrogen-bond acceptors (Lipinski definition) is 5. The molecule has 198 valence electrons. The van der Waals surface area contributed by atoms with Crippen molar-refractivity contribution in [1.82, 2.24) is 19.8 Å². The van der Waals surface area contributed by atoms with Gasteiger partial charge in [-0.2, -0.15) is 13.2 Å². The van der Waals surface area contributed by atoms with Gasteiger partial charge in [0.15, 0.2) is 5.16 Å². The number of nitrogens with zero attached hydrogens (tertiary/aromatic N) is 4. The molecule has 7 rings (SSSR count). The number of benzene rings is 1. The maximum Gasteiger partial charge on any atom is 0.433 e. The Morgan fingerprint density at radius 1 is 0.946 bits per heavy atom. The molecule has 5 fully saturated rings. The molecule has 2 heterocycles. The first-order valence-electron chi connectivity index (χ1n) is 13.0. The lowest BCUT2D eigenvalue weighted by Gasteiger charge is -2.61. The van der Waals surface area contributed by atoms with E-state index >= 15 is 0 Å². The van der Waals surface area contributed by atoms with E-state index in [0.29, 0.717) is 24.2 Å². The first kappa shape index (κ1) is 25.1. The molecule has 10 heteroatoms. The standard InChI is InChI=1S/C27H30F4N4OS/c28-21-3-1-20(2-4-21)22-12-23(27(29,30)31)33-25(32-22)37-16-24(36)34-5-7-35(8-6-34)26-13-17-9-18(14-26)11-19(10-17)15-26/h1-4,12,17-19H,5-11,13-16H2. The van der Waals surface area contributed by atoms with Crippen LogP contribution < -0.4 is 0 Å². The van der Waals surface area contributed by atoms with Crippen molar-refractivity contribution in [2.45, 2.75) is 55.4 Å². The summed E-state index contributed by atoms with van der Waals surface area (Å²) < 4.78 is 53.7. The van der Waals surface area contributed by atoms with Crippen LogP contribution in [0.4, 0.5) is 17.6 Å². The maximum atomic E-state index is 13.5. The minimum Gasteiger partial charge on any atom is -0.339 e. The summed E-state index contributed by atoms with van der Waals surface area (Å²) in [6, 6.07) is 5.94. The van der Waals surface area contributed by atoms with Crippen molar-refractivity contribution >= 4 is 17.7 Å². The van der Waals surface area contributed by atoms with Gasteiger partial charge in [0.25, 0.3) is 0 Å². The molecule has 37 heavy (non-hydrogen) atoms. The zero-order valence-corrected chi connectivity index (χ0v) is 21.3. The van der Waals surface area contributed by atoms with Crippen LogP contribution in [0.5, 0.6) is 0 Å². The number of amides is 1. The summed E-state index contributed by atoms with van der Waals surface area (Å²) in [5, 5.41) is -0.116. The van der Waals surface area contributed by atoms with Crippen molar-refractivity contribution in [3.8, 4) is 11.3 Å². The van der Waals surface area contributed by atoms with Crippen molar-refractivity contribution in [2.75, 3.05) is 31.9 Å². The lowest BCUT2D eigenvalue weighted by molar-refractivity contribution is -0.141. The molecule has 0 N–H and O–H groups in total. The SMILES string of the molecule is O=C(CSc1nc(-c2ccc(F)cc2)cc(C(F)(F)F)n1)N1CCN(C23CC4CC(CC(C4)C2)C3)CC1. The summed E-state index contributed by atoms with van der Waals surface area (Å²) in [6.45, 7) is 3.01. The lowest BCUT2D eigenvalue weighted by Crippen LogP contribution is -2.64. The summed E-state index contributed by atoms with van der Waals surface area (Å²) in [6.07, 6.45) is 3.43. The van der Waals surface area contributed by atoms with E-state index in [9.17, 15) is 22.4 Å². The topological polar surface area (TPSA) is 49.3 Å². The molecular formula is C27H30F4N4OS. The van der Waals surface area contributed by atoms with Crippen LogP contribution in [0.2, 0.25) is 0 Å². The summed E-state index contributed by atoms with van der Waals surface area (Å²) >= 11 is 0.911. The van der Waals surface area contributed by atoms with E-state index in [1.165, 1.54) is 62.8 Å². The zero-order valence-electron chi connectivity index (χ0n) is 20.5. The molecule has 4 saturated carbocycles. The Morgan fingerprint density at radius 2 is 1.54 bits per heavy atom. The van der Waals surface area contributed by atoms with E-state index in [1.54, 1.807) is 0 Å². The van der Waals surface area contributed by atoms with Crippen LogP contribution in [-0.2, 0) is 11.0 Å². The van der Waals surface area contributed by atoms with Crippen LogP contribution in [0.25, 0.3) is 11.3 Å². The molecule has 4 bridgehead atoms. The molecule has 4 aliphatic carbocycles. The number of carbonyl (C=O) groups is 1. The molecule has 5 aliphatic rings. The van der Waals surface area contributed by atoms with E-state index in [-0.39, 0.29) is 22.5 Å². The van der Waals surface area contributed by atoms with Gasteiger partial charge in [0, 0.05) is 37.3 Å². The monoisotopic (exact) mass is 534 g/mol. The van der Waals surface area contributed by atoms with Gasteiger partial charge in [-0.15, -0.1) is 0 Å². The van der Waals surface area contributed by atoms with Gasteiger partial charge in [0.1, 0.15) is 11.5 Å². The Hall–Kier alpha value is -2.20. The van der Waals surface area contributed by atoms with Gasteiger partial charge in [-0.3, -0.25) is 9.69 Å². The molecule has 0 unspecified atom stereocenters. The fourth-order valence-electron chi connectivity index (χ4n) is 7.50. The second-order valence-corrected chi connectivity index (χ2v) is 12.2. The number of carbonyl (C=O) groups excluding carboxylic acids is 1. The highest BCUT2D eigenvalue weighted by Gasteiger charge is 2.53. The summed E-state index contributed by atoms with van der Waals surface area (Å²) in [5.41, 5.74) is -0.368. The Morgan fingerprint density at radius 3 is 2.11 bits per heavy atom. The highest BCUT2D eigenvalue weighted by molar-refractivity contribution is 7.99. The fraction of sp³-hybridized carbons (Fsp3) is 0.593. The summed E-state index contributed by atoms with van der Waals surface area (Å²) in [5.74, 6) is 1.98. The Balaban J connectivity index is 1.09. The molecule has 0 spiro atoms. The van der Waals surface area contributed by atoms with E-state index in [4.69, 9.17) is 0 Å².